The van der Waals surface area contributed by atoms with Crippen molar-refractivity contribution in [2.75, 3.05) is 7.11 Å². The van der Waals surface area contributed by atoms with Crippen molar-refractivity contribution in [3.05, 3.63) is 70.1 Å². The number of rotatable bonds is 5. The number of benzene rings is 2. The van der Waals surface area contributed by atoms with Crippen molar-refractivity contribution in [2.45, 2.75) is 38.8 Å². The Labute approximate surface area is 189 Å². The summed E-state index contributed by atoms with van der Waals surface area (Å²) < 4.78 is 17.6. The number of fused-ring (bicyclic) bond motifs is 2. The lowest BCUT2D eigenvalue weighted by molar-refractivity contribution is 0.0430. The first kappa shape index (κ1) is 20.9. The van der Waals surface area contributed by atoms with E-state index in [0.717, 1.165) is 31.5 Å². The topological polar surface area (TPSA) is 109 Å². The summed E-state index contributed by atoms with van der Waals surface area (Å²) in [5, 5.41) is 4.44. The van der Waals surface area contributed by atoms with Gasteiger partial charge in [0.15, 0.2) is 6.61 Å². The van der Waals surface area contributed by atoms with Crippen molar-refractivity contribution in [3.8, 4) is 17.1 Å². The average molecular weight is 446 g/mol. The monoisotopic (exact) mass is 446 g/mol. The molecule has 0 atom stereocenters. The quantitative estimate of drug-likeness (QED) is 0.428. The summed E-state index contributed by atoms with van der Waals surface area (Å²) in [5.41, 5.74) is 1.41. The minimum Gasteiger partial charge on any atom is -0.496 e. The van der Waals surface area contributed by atoms with Crippen LogP contribution in [0.15, 0.2) is 51.8 Å². The molecule has 33 heavy (non-hydrogen) atoms. The van der Waals surface area contributed by atoms with E-state index in [0.29, 0.717) is 40.1 Å². The fourth-order valence-electron chi connectivity index (χ4n) is 4.01. The Morgan fingerprint density at radius 1 is 1.12 bits per heavy atom. The van der Waals surface area contributed by atoms with E-state index >= 15 is 0 Å². The number of carbonyl (C=O) groups is 1. The molecule has 0 bridgehead atoms. The van der Waals surface area contributed by atoms with Crippen LogP contribution in [-0.4, -0.2) is 32.8 Å². The van der Waals surface area contributed by atoms with Crippen LogP contribution in [0, 0.1) is 0 Å². The number of aromatic nitrogens is 4. The molecule has 1 aliphatic rings. The van der Waals surface area contributed by atoms with Gasteiger partial charge in [-0.15, -0.1) is 0 Å². The van der Waals surface area contributed by atoms with E-state index < -0.39 is 5.97 Å². The SMILES string of the molecule is COc1ccccc1-c1noc(COC(=O)c2ccc3c(=O)n4c(nc3c2)CCCCC4)n1. The maximum atomic E-state index is 12.9. The highest BCUT2D eigenvalue weighted by Crippen LogP contribution is 2.27. The molecule has 0 aliphatic carbocycles. The summed E-state index contributed by atoms with van der Waals surface area (Å²) in [6.45, 7) is 0.501. The molecule has 9 nitrogen and oxygen atoms in total. The Bertz CT molecular complexity index is 1390. The van der Waals surface area contributed by atoms with Crippen molar-refractivity contribution >= 4 is 16.9 Å². The summed E-state index contributed by atoms with van der Waals surface area (Å²) >= 11 is 0. The number of esters is 1. The number of nitrogens with zero attached hydrogens (tertiary/aromatic N) is 4. The third kappa shape index (κ3) is 4.09. The van der Waals surface area contributed by atoms with Crippen LogP contribution >= 0.6 is 0 Å². The first-order valence-electron chi connectivity index (χ1n) is 10.8. The summed E-state index contributed by atoms with van der Waals surface area (Å²) in [5.74, 6) is 1.32. The molecule has 4 aromatic rings. The number of carbonyl (C=O) groups excluding carboxylic acids is 1. The summed E-state index contributed by atoms with van der Waals surface area (Å²) in [4.78, 5) is 34.4. The maximum Gasteiger partial charge on any atom is 0.338 e. The van der Waals surface area contributed by atoms with Gasteiger partial charge in [0.25, 0.3) is 11.4 Å². The summed E-state index contributed by atoms with van der Waals surface area (Å²) in [6.07, 6.45) is 3.80. The highest BCUT2D eigenvalue weighted by atomic mass is 16.6. The van der Waals surface area contributed by atoms with Gasteiger partial charge in [-0.1, -0.05) is 23.7 Å². The van der Waals surface area contributed by atoms with E-state index in [4.69, 9.17) is 14.0 Å². The van der Waals surface area contributed by atoms with Crippen LogP contribution < -0.4 is 10.3 Å². The molecule has 9 heteroatoms. The standard InChI is InChI=1S/C24H22N4O5/c1-31-19-8-5-4-7-17(19)22-26-21(33-27-22)14-32-24(30)15-10-11-16-18(13-15)25-20-9-3-2-6-12-28(20)23(16)29/h4-5,7-8,10-11,13H,2-3,6,9,12,14H2,1H3. The number of para-hydroxylation sites is 1. The minimum absolute atomic E-state index is 0.0634. The second-order valence-electron chi connectivity index (χ2n) is 7.82. The second-order valence-corrected chi connectivity index (χ2v) is 7.82. The van der Waals surface area contributed by atoms with Crippen molar-refractivity contribution in [3.63, 3.8) is 0 Å². The first-order valence-corrected chi connectivity index (χ1v) is 10.8. The van der Waals surface area contributed by atoms with E-state index in [1.807, 2.05) is 18.2 Å². The molecule has 0 radical (unpaired) electrons. The number of methoxy groups -OCH3 is 1. The van der Waals surface area contributed by atoms with E-state index in [1.54, 1.807) is 35.9 Å². The molecule has 0 saturated heterocycles. The van der Waals surface area contributed by atoms with Crippen LogP contribution in [0.2, 0.25) is 0 Å². The maximum absolute atomic E-state index is 12.9. The minimum atomic E-state index is -0.564. The molecular weight excluding hydrogens is 424 g/mol. The molecular formula is C24H22N4O5. The lowest BCUT2D eigenvalue weighted by Crippen LogP contribution is -2.24. The Balaban J connectivity index is 1.34. The highest BCUT2D eigenvalue weighted by molar-refractivity contribution is 5.94. The van der Waals surface area contributed by atoms with Gasteiger partial charge in [-0.3, -0.25) is 9.36 Å². The number of hydrogen-bond donors (Lipinski definition) is 0. The van der Waals surface area contributed by atoms with Crippen LogP contribution in [0.25, 0.3) is 22.3 Å². The Hall–Kier alpha value is -4.01. The van der Waals surface area contributed by atoms with Gasteiger partial charge in [-0.2, -0.15) is 4.98 Å². The molecule has 2 aromatic carbocycles. The van der Waals surface area contributed by atoms with Gasteiger partial charge < -0.3 is 14.0 Å². The third-order valence-corrected chi connectivity index (χ3v) is 5.69. The highest BCUT2D eigenvalue weighted by Gasteiger charge is 2.18. The number of aryl methyl sites for hydroxylation is 1. The van der Waals surface area contributed by atoms with Crippen molar-refractivity contribution in [2.24, 2.45) is 0 Å². The van der Waals surface area contributed by atoms with E-state index in [1.165, 1.54) is 0 Å². The molecule has 0 unspecified atom stereocenters. The van der Waals surface area contributed by atoms with Gasteiger partial charge >= 0.3 is 5.97 Å². The molecule has 0 amide bonds. The van der Waals surface area contributed by atoms with Gasteiger partial charge in [0.05, 0.1) is 29.1 Å². The lowest BCUT2D eigenvalue weighted by atomic mass is 10.1. The zero-order valence-corrected chi connectivity index (χ0v) is 18.1. The van der Waals surface area contributed by atoms with Crippen LogP contribution in [0.5, 0.6) is 5.75 Å². The zero-order valence-electron chi connectivity index (χ0n) is 18.1. The predicted molar refractivity (Wildman–Crippen MR) is 119 cm³/mol. The first-order chi connectivity index (χ1) is 16.1. The van der Waals surface area contributed by atoms with E-state index in [-0.39, 0.29) is 18.1 Å². The summed E-state index contributed by atoms with van der Waals surface area (Å²) in [6, 6.07) is 12.1. The van der Waals surface area contributed by atoms with Crippen molar-refractivity contribution < 1.29 is 18.8 Å². The largest absolute Gasteiger partial charge is 0.496 e. The molecule has 0 N–H and O–H groups in total. The van der Waals surface area contributed by atoms with Gasteiger partial charge in [-0.25, -0.2) is 9.78 Å². The molecule has 0 saturated carbocycles. The van der Waals surface area contributed by atoms with Crippen LogP contribution in [0.1, 0.15) is 41.3 Å². The molecule has 1 aliphatic heterocycles. The Morgan fingerprint density at radius 3 is 2.88 bits per heavy atom. The summed E-state index contributed by atoms with van der Waals surface area (Å²) in [7, 11) is 1.56. The van der Waals surface area contributed by atoms with Crippen LogP contribution in [0.3, 0.4) is 0 Å². The normalized spacial score (nSPS) is 13.4. The third-order valence-electron chi connectivity index (χ3n) is 5.69. The predicted octanol–water partition coefficient (Wildman–Crippen LogP) is 3.54. The molecule has 3 heterocycles. The number of ether oxygens (including phenoxy) is 2. The van der Waals surface area contributed by atoms with E-state index in [2.05, 4.69) is 15.1 Å². The van der Waals surface area contributed by atoms with Crippen LogP contribution in [-0.2, 0) is 24.3 Å². The van der Waals surface area contributed by atoms with Crippen LogP contribution in [0.4, 0.5) is 0 Å². The average Bonchev–Trinajstić information content (AvgIpc) is 3.19. The fourth-order valence-corrected chi connectivity index (χ4v) is 4.01. The fraction of sp³-hybridized carbons (Fsp3) is 0.292. The van der Waals surface area contributed by atoms with Gasteiger partial charge in [0.2, 0.25) is 5.82 Å². The Kier molecular flexibility index (Phi) is 5.60. The lowest BCUT2D eigenvalue weighted by Gasteiger charge is -2.10. The van der Waals surface area contributed by atoms with Crippen molar-refractivity contribution in [1.82, 2.24) is 19.7 Å². The molecule has 5 rings (SSSR count). The molecule has 2 aromatic heterocycles. The van der Waals surface area contributed by atoms with Gasteiger partial charge in [0.1, 0.15) is 11.6 Å². The second kappa shape index (κ2) is 8.85. The molecule has 0 spiro atoms. The van der Waals surface area contributed by atoms with Gasteiger partial charge in [0, 0.05) is 13.0 Å². The Morgan fingerprint density at radius 2 is 2.00 bits per heavy atom. The van der Waals surface area contributed by atoms with Crippen molar-refractivity contribution in [1.29, 1.82) is 0 Å². The van der Waals surface area contributed by atoms with Gasteiger partial charge in [-0.05, 0) is 43.2 Å². The molecule has 0 fully saturated rings. The smallest absolute Gasteiger partial charge is 0.338 e. The number of hydrogen-bond acceptors (Lipinski definition) is 8. The molecule has 168 valence electrons. The van der Waals surface area contributed by atoms with E-state index in [9.17, 15) is 9.59 Å². The zero-order chi connectivity index (χ0) is 22.8.